The molecule has 0 radical (unpaired) electrons. The lowest BCUT2D eigenvalue weighted by atomic mass is 10.3. The van der Waals surface area contributed by atoms with Gasteiger partial charge >= 0.3 is 0 Å². The van der Waals surface area contributed by atoms with Crippen molar-refractivity contribution in [3.63, 3.8) is 0 Å². The number of thiophene rings is 1. The van der Waals surface area contributed by atoms with E-state index in [1.165, 1.54) is 0 Å². The Morgan fingerprint density at radius 1 is 1.37 bits per heavy atom. The van der Waals surface area contributed by atoms with Gasteiger partial charge in [0.1, 0.15) is 4.21 Å². The highest BCUT2D eigenvalue weighted by atomic mass is 32.2. The van der Waals surface area contributed by atoms with Crippen LogP contribution >= 0.6 is 11.3 Å². The zero-order valence-corrected chi connectivity index (χ0v) is 12.3. The average molecular weight is 297 g/mol. The topological polar surface area (TPSA) is 85.1 Å². The number of hydrogen-bond acceptors (Lipinski definition) is 5. The summed E-state index contributed by atoms with van der Waals surface area (Å²) >= 11 is 1.16. The van der Waals surface area contributed by atoms with Crippen molar-refractivity contribution < 1.29 is 8.42 Å². The van der Waals surface area contributed by atoms with Crippen molar-refractivity contribution in [2.75, 3.05) is 4.72 Å². The Balaban J connectivity index is 2.30. The van der Waals surface area contributed by atoms with Gasteiger partial charge in [-0.05, 0) is 43.0 Å². The van der Waals surface area contributed by atoms with E-state index in [2.05, 4.69) is 9.71 Å². The number of pyridine rings is 1. The van der Waals surface area contributed by atoms with Crippen LogP contribution in [0.1, 0.15) is 17.0 Å². The predicted molar refractivity (Wildman–Crippen MR) is 76.7 cm³/mol. The summed E-state index contributed by atoms with van der Waals surface area (Å²) in [6.45, 7) is 3.96. The number of hydrogen-bond donors (Lipinski definition) is 2. The lowest BCUT2D eigenvalue weighted by Crippen LogP contribution is -2.13. The molecule has 0 aliphatic heterocycles. The molecule has 0 spiro atoms. The monoisotopic (exact) mass is 297 g/mol. The maximum Gasteiger partial charge on any atom is 0.271 e. The van der Waals surface area contributed by atoms with Gasteiger partial charge in [-0.2, -0.15) is 0 Å². The minimum absolute atomic E-state index is 0.257. The Morgan fingerprint density at radius 2 is 2.11 bits per heavy atom. The Kier molecular flexibility index (Phi) is 3.88. The Bertz CT molecular complexity index is 693. The van der Waals surface area contributed by atoms with E-state index in [9.17, 15) is 8.42 Å². The number of nitrogens with one attached hydrogen (secondary N) is 1. The molecule has 0 atom stereocenters. The van der Waals surface area contributed by atoms with Crippen LogP contribution in [0.5, 0.6) is 0 Å². The van der Waals surface area contributed by atoms with Gasteiger partial charge in [0.05, 0.1) is 11.4 Å². The molecule has 2 aromatic rings. The van der Waals surface area contributed by atoms with Gasteiger partial charge in [-0.3, -0.25) is 9.71 Å². The van der Waals surface area contributed by atoms with Crippen molar-refractivity contribution in [3.8, 4) is 0 Å². The second-order valence-electron chi connectivity index (χ2n) is 4.17. The summed E-state index contributed by atoms with van der Waals surface area (Å²) in [4.78, 5) is 4.23. The number of anilines is 1. The summed E-state index contributed by atoms with van der Waals surface area (Å²) in [5.41, 5.74) is 8.29. The van der Waals surface area contributed by atoms with Crippen LogP contribution in [0.3, 0.4) is 0 Å². The van der Waals surface area contributed by atoms with Crippen molar-refractivity contribution in [2.24, 2.45) is 5.73 Å². The first-order chi connectivity index (χ1) is 8.92. The minimum Gasteiger partial charge on any atom is -0.326 e. The molecule has 19 heavy (non-hydrogen) atoms. The third-order valence-corrected chi connectivity index (χ3v) is 5.45. The van der Waals surface area contributed by atoms with Crippen LogP contribution in [-0.4, -0.2) is 13.4 Å². The SMILES string of the molecule is Cc1ccc(NS(=O)(=O)c2cc(CN)cs2)c(C)n1. The van der Waals surface area contributed by atoms with Crippen molar-refractivity contribution >= 4 is 27.0 Å². The van der Waals surface area contributed by atoms with Crippen LogP contribution in [0, 0.1) is 13.8 Å². The molecule has 0 saturated heterocycles. The van der Waals surface area contributed by atoms with Gasteiger partial charge in [-0.15, -0.1) is 11.3 Å². The lowest BCUT2D eigenvalue weighted by Gasteiger charge is -2.09. The average Bonchev–Trinajstić information content (AvgIpc) is 2.82. The van der Waals surface area contributed by atoms with E-state index in [1.807, 2.05) is 6.92 Å². The highest BCUT2D eigenvalue weighted by Crippen LogP contribution is 2.24. The number of aryl methyl sites for hydroxylation is 2. The van der Waals surface area contributed by atoms with Gasteiger partial charge < -0.3 is 5.73 Å². The van der Waals surface area contributed by atoms with Crippen LogP contribution in [0.4, 0.5) is 5.69 Å². The Hall–Kier alpha value is -1.44. The fraction of sp³-hybridized carbons (Fsp3) is 0.250. The predicted octanol–water partition coefficient (Wildman–Crippen LogP) is 2.02. The number of rotatable bonds is 4. The van der Waals surface area contributed by atoms with E-state index in [1.54, 1.807) is 30.5 Å². The molecule has 0 saturated carbocycles. The van der Waals surface area contributed by atoms with E-state index in [-0.39, 0.29) is 4.21 Å². The molecule has 3 N–H and O–H groups in total. The molecule has 0 fully saturated rings. The molecule has 0 bridgehead atoms. The van der Waals surface area contributed by atoms with Crippen LogP contribution < -0.4 is 10.5 Å². The van der Waals surface area contributed by atoms with Crippen LogP contribution in [0.15, 0.2) is 27.8 Å². The first-order valence-electron chi connectivity index (χ1n) is 5.67. The van der Waals surface area contributed by atoms with Crippen molar-refractivity contribution in [3.05, 3.63) is 40.5 Å². The zero-order valence-electron chi connectivity index (χ0n) is 10.7. The summed E-state index contributed by atoms with van der Waals surface area (Å²) in [6.07, 6.45) is 0. The molecule has 0 aliphatic rings. The molecule has 2 rings (SSSR count). The first-order valence-corrected chi connectivity index (χ1v) is 8.03. The van der Waals surface area contributed by atoms with E-state index in [0.29, 0.717) is 17.9 Å². The third kappa shape index (κ3) is 3.12. The lowest BCUT2D eigenvalue weighted by molar-refractivity contribution is 0.603. The summed E-state index contributed by atoms with van der Waals surface area (Å²) in [7, 11) is -3.56. The second kappa shape index (κ2) is 5.28. The third-order valence-electron chi connectivity index (χ3n) is 2.60. The van der Waals surface area contributed by atoms with Crippen LogP contribution in [-0.2, 0) is 16.6 Å². The molecule has 0 aliphatic carbocycles. The summed E-state index contributed by atoms with van der Waals surface area (Å²) in [5, 5.41) is 1.74. The Labute approximate surface area is 116 Å². The maximum atomic E-state index is 12.2. The number of nitrogens with zero attached hydrogens (tertiary/aromatic N) is 1. The Morgan fingerprint density at radius 3 is 2.68 bits per heavy atom. The smallest absolute Gasteiger partial charge is 0.271 e. The highest BCUT2D eigenvalue weighted by molar-refractivity contribution is 7.94. The summed E-state index contributed by atoms with van der Waals surface area (Å²) in [6, 6.07) is 5.07. The van der Waals surface area contributed by atoms with Crippen LogP contribution in [0.25, 0.3) is 0 Å². The van der Waals surface area contributed by atoms with E-state index >= 15 is 0 Å². The van der Waals surface area contributed by atoms with Gasteiger partial charge in [0.15, 0.2) is 0 Å². The molecular formula is C12H15N3O2S2. The van der Waals surface area contributed by atoms with Gasteiger partial charge in [-0.25, -0.2) is 8.42 Å². The maximum absolute atomic E-state index is 12.2. The first kappa shape index (κ1) is 14.0. The largest absolute Gasteiger partial charge is 0.326 e. The highest BCUT2D eigenvalue weighted by Gasteiger charge is 2.17. The second-order valence-corrected chi connectivity index (χ2v) is 6.99. The molecule has 7 heteroatoms. The number of aromatic nitrogens is 1. The van der Waals surface area contributed by atoms with E-state index < -0.39 is 10.0 Å². The molecule has 0 aromatic carbocycles. The van der Waals surface area contributed by atoms with Crippen LogP contribution in [0.2, 0.25) is 0 Å². The zero-order chi connectivity index (χ0) is 14.0. The van der Waals surface area contributed by atoms with Crippen molar-refractivity contribution in [1.82, 2.24) is 4.98 Å². The van der Waals surface area contributed by atoms with E-state index in [4.69, 9.17) is 5.73 Å². The molecular weight excluding hydrogens is 282 g/mol. The minimum atomic E-state index is -3.56. The number of nitrogens with two attached hydrogens (primary N) is 1. The van der Waals surface area contributed by atoms with Gasteiger partial charge in [0.2, 0.25) is 0 Å². The van der Waals surface area contributed by atoms with Gasteiger partial charge in [-0.1, -0.05) is 0 Å². The standard InChI is InChI=1S/C12H15N3O2S2/c1-8-3-4-11(9(2)14-8)15-19(16,17)12-5-10(6-13)7-18-12/h3-5,7,15H,6,13H2,1-2H3. The fourth-order valence-electron chi connectivity index (χ4n) is 1.59. The molecule has 2 heterocycles. The van der Waals surface area contributed by atoms with E-state index in [0.717, 1.165) is 22.6 Å². The molecule has 0 unspecified atom stereocenters. The van der Waals surface area contributed by atoms with Gasteiger partial charge in [0.25, 0.3) is 10.0 Å². The summed E-state index contributed by atoms with van der Waals surface area (Å²) in [5.74, 6) is 0. The fourth-order valence-corrected chi connectivity index (χ4v) is 3.93. The summed E-state index contributed by atoms with van der Waals surface area (Å²) < 4.78 is 27.2. The van der Waals surface area contributed by atoms with Crippen molar-refractivity contribution in [2.45, 2.75) is 24.6 Å². The molecule has 5 nitrogen and oxygen atoms in total. The molecule has 102 valence electrons. The normalized spacial score (nSPS) is 11.5. The number of sulfonamides is 1. The molecule has 2 aromatic heterocycles. The van der Waals surface area contributed by atoms with Gasteiger partial charge in [0, 0.05) is 12.2 Å². The van der Waals surface area contributed by atoms with Crippen molar-refractivity contribution in [1.29, 1.82) is 0 Å². The quantitative estimate of drug-likeness (QED) is 0.904. The molecule has 0 amide bonds.